The molecule has 1 aliphatic rings. The third kappa shape index (κ3) is 4.34. The molecule has 1 aromatic carbocycles. The van der Waals surface area contributed by atoms with Gasteiger partial charge in [-0.25, -0.2) is 4.98 Å². The van der Waals surface area contributed by atoms with Gasteiger partial charge in [-0.2, -0.15) is 0 Å². The van der Waals surface area contributed by atoms with E-state index in [9.17, 15) is 4.79 Å². The Labute approximate surface area is 140 Å². The molecule has 2 aromatic rings. The van der Waals surface area contributed by atoms with E-state index in [1.165, 1.54) is 17.3 Å². The Morgan fingerprint density at radius 2 is 2.22 bits per heavy atom. The quantitative estimate of drug-likeness (QED) is 0.827. The number of aromatic amines is 1. The first-order valence-corrected chi connectivity index (χ1v) is 9.06. The van der Waals surface area contributed by atoms with Crippen LogP contribution in [0.1, 0.15) is 30.7 Å². The minimum Gasteiger partial charge on any atom is -0.339 e. The molecule has 0 bridgehead atoms. The summed E-state index contributed by atoms with van der Waals surface area (Å²) in [4.78, 5) is 18.8. The Hall–Kier alpha value is -1.82. The highest BCUT2D eigenvalue weighted by molar-refractivity contribution is 7.99. The topological polar surface area (TPSA) is 61.9 Å². The molecule has 5 nitrogen and oxygen atoms in total. The van der Waals surface area contributed by atoms with Gasteiger partial charge >= 0.3 is 0 Å². The van der Waals surface area contributed by atoms with E-state index < -0.39 is 0 Å². The zero-order valence-electron chi connectivity index (χ0n) is 13.4. The van der Waals surface area contributed by atoms with Gasteiger partial charge in [0.2, 0.25) is 11.1 Å². The van der Waals surface area contributed by atoms with Crippen molar-refractivity contribution in [3.63, 3.8) is 0 Å². The normalized spacial score (nSPS) is 17.6. The third-order valence-corrected chi connectivity index (χ3v) is 5.04. The number of carbonyl (C=O) groups excluding carboxylic acids is 1. The molecule has 0 spiro atoms. The second-order valence-corrected chi connectivity index (χ2v) is 6.84. The van der Waals surface area contributed by atoms with Crippen LogP contribution in [0.25, 0.3) is 0 Å². The van der Waals surface area contributed by atoms with Gasteiger partial charge in [0.1, 0.15) is 5.82 Å². The molecule has 122 valence electrons. The van der Waals surface area contributed by atoms with Gasteiger partial charge in [0, 0.05) is 12.6 Å². The van der Waals surface area contributed by atoms with Crippen LogP contribution in [0.15, 0.2) is 35.5 Å². The molecule has 1 amide bonds. The predicted molar refractivity (Wildman–Crippen MR) is 91.3 cm³/mol. The zero-order valence-corrected chi connectivity index (χ0v) is 14.2. The monoisotopic (exact) mass is 330 g/mol. The van der Waals surface area contributed by atoms with Crippen molar-refractivity contribution in [3.05, 3.63) is 41.7 Å². The number of amides is 1. The van der Waals surface area contributed by atoms with Gasteiger partial charge in [-0.15, -0.1) is 5.10 Å². The molecule has 6 heteroatoms. The number of aryl methyl sites for hydroxylation is 2. The fourth-order valence-corrected chi connectivity index (χ4v) is 3.77. The van der Waals surface area contributed by atoms with E-state index in [-0.39, 0.29) is 5.91 Å². The summed E-state index contributed by atoms with van der Waals surface area (Å²) in [6, 6.07) is 10.9. The first-order valence-electron chi connectivity index (χ1n) is 8.07. The molecule has 2 heterocycles. The van der Waals surface area contributed by atoms with Crippen LogP contribution in [0.4, 0.5) is 0 Å². The van der Waals surface area contributed by atoms with Crippen LogP contribution in [0, 0.1) is 6.92 Å². The molecule has 3 rings (SSSR count). The highest BCUT2D eigenvalue weighted by Gasteiger charge is 2.28. The molecule has 1 aliphatic heterocycles. The summed E-state index contributed by atoms with van der Waals surface area (Å²) in [5, 5.41) is 7.52. The van der Waals surface area contributed by atoms with Crippen LogP contribution in [-0.4, -0.2) is 44.3 Å². The summed E-state index contributed by atoms with van der Waals surface area (Å²) in [5.41, 5.74) is 1.34. The first-order chi connectivity index (χ1) is 11.2. The molecule has 1 saturated heterocycles. The third-order valence-electron chi connectivity index (χ3n) is 4.21. The molecule has 0 saturated carbocycles. The summed E-state index contributed by atoms with van der Waals surface area (Å²) in [6.07, 6.45) is 4.29. The van der Waals surface area contributed by atoms with E-state index in [4.69, 9.17) is 0 Å². The van der Waals surface area contributed by atoms with Crippen LogP contribution in [0.5, 0.6) is 0 Å². The fraction of sp³-hybridized carbons (Fsp3) is 0.471. The van der Waals surface area contributed by atoms with Crippen molar-refractivity contribution >= 4 is 17.7 Å². The Kier molecular flexibility index (Phi) is 5.33. The maximum atomic E-state index is 12.5. The number of carbonyl (C=O) groups is 1. The zero-order chi connectivity index (χ0) is 16.1. The molecular weight excluding hydrogens is 308 g/mol. The Bertz CT molecular complexity index is 643. The lowest BCUT2D eigenvalue weighted by atomic mass is 10.0. The lowest BCUT2D eigenvalue weighted by molar-refractivity contribution is -0.129. The van der Waals surface area contributed by atoms with Gasteiger partial charge in [-0.3, -0.25) is 9.89 Å². The molecule has 0 radical (unpaired) electrons. The maximum absolute atomic E-state index is 12.5. The molecule has 0 aliphatic carbocycles. The number of nitrogens with zero attached hydrogens (tertiary/aromatic N) is 3. The summed E-state index contributed by atoms with van der Waals surface area (Å²) >= 11 is 1.41. The minimum atomic E-state index is 0.202. The highest BCUT2D eigenvalue weighted by atomic mass is 32.2. The number of hydrogen-bond acceptors (Lipinski definition) is 4. The van der Waals surface area contributed by atoms with Crippen LogP contribution in [0.2, 0.25) is 0 Å². The second kappa shape index (κ2) is 7.64. The number of benzene rings is 1. The number of aromatic nitrogens is 3. The van der Waals surface area contributed by atoms with Crippen LogP contribution < -0.4 is 0 Å². The average Bonchev–Trinajstić information content (AvgIpc) is 3.20. The van der Waals surface area contributed by atoms with Crippen LogP contribution in [-0.2, 0) is 11.2 Å². The van der Waals surface area contributed by atoms with Crippen molar-refractivity contribution in [1.82, 2.24) is 20.1 Å². The number of thioether (sulfide) groups is 1. The number of likely N-dealkylation sites (tertiary alicyclic amines) is 1. The fourth-order valence-electron chi connectivity index (χ4n) is 3.04. The second-order valence-electron chi connectivity index (χ2n) is 5.90. The van der Waals surface area contributed by atoms with Crippen molar-refractivity contribution in [2.75, 3.05) is 12.3 Å². The van der Waals surface area contributed by atoms with Crippen LogP contribution >= 0.6 is 11.8 Å². The number of hydrogen-bond donors (Lipinski definition) is 1. The minimum absolute atomic E-state index is 0.202. The molecule has 1 fully saturated rings. The van der Waals surface area contributed by atoms with Gasteiger partial charge in [0.15, 0.2) is 0 Å². The molecule has 0 unspecified atom stereocenters. The summed E-state index contributed by atoms with van der Waals surface area (Å²) in [6.45, 7) is 2.74. The largest absolute Gasteiger partial charge is 0.339 e. The van der Waals surface area contributed by atoms with Crippen molar-refractivity contribution in [2.45, 2.75) is 43.8 Å². The molecule has 1 atom stereocenters. The maximum Gasteiger partial charge on any atom is 0.233 e. The Morgan fingerprint density at radius 1 is 1.39 bits per heavy atom. The number of H-pyrrole nitrogens is 1. The molecule has 23 heavy (non-hydrogen) atoms. The van der Waals surface area contributed by atoms with Crippen molar-refractivity contribution in [3.8, 4) is 0 Å². The van der Waals surface area contributed by atoms with E-state index in [0.29, 0.717) is 17.0 Å². The van der Waals surface area contributed by atoms with Crippen molar-refractivity contribution in [2.24, 2.45) is 0 Å². The van der Waals surface area contributed by atoms with Gasteiger partial charge in [0.05, 0.1) is 5.75 Å². The Balaban J connectivity index is 1.50. The smallest absolute Gasteiger partial charge is 0.233 e. The number of rotatable bonds is 6. The van der Waals surface area contributed by atoms with E-state index >= 15 is 0 Å². The van der Waals surface area contributed by atoms with Gasteiger partial charge < -0.3 is 4.90 Å². The predicted octanol–water partition coefficient (Wildman–Crippen LogP) is 2.83. The van der Waals surface area contributed by atoms with E-state index in [0.717, 1.165) is 38.1 Å². The lowest BCUT2D eigenvalue weighted by Crippen LogP contribution is -2.37. The Morgan fingerprint density at radius 3 is 2.96 bits per heavy atom. The summed E-state index contributed by atoms with van der Waals surface area (Å²) in [7, 11) is 0. The number of nitrogens with one attached hydrogen (secondary N) is 1. The highest BCUT2D eigenvalue weighted by Crippen LogP contribution is 2.24. The van der Waals surface area contributed by atoms with Crippen LogP contribution in [0.3, 0.4) is 0 Å². The summed E-state index contributed by atoms with van der Waals surface area (Å²) in [5.74, 6) is 1.40. The van der Waals surface area contributed by atoms with Crippen molar-refractivity contribution < 1.29 is 4.79 Å². The van der Waals surface area contributed by atoms with E-state index in [1.807, 2.05) is 13.0 Å². The first kappa shape index (κ1) is 16.1. The molecule has 1 aromatic heterocycles. The van der Waals surface area contributed by atoms with Gasteiger partial charge in [0.25, 0.3) is 0 Å². The van der Waals surface area contributed by atoms with Gasteiger partial charge in [-0.05, 0) is 38.2 Å². The van der Waals surface area contributed by atoms with Crippen molar-refractivity contribution in [1.29, 1.82) is 0 Å². The van der Waals surface area contributed by atoms with E-state index in [1.54, 1.807) is 0 Å². The van der Waals surface area contributed by atoms with E-state index in [2.05, 4.69) is 44.3 Å². The summed E-state index contributed by atoms with van der Waals surface area (Å²) < 4.78 is 0. The standard InChI is InChI=1S/C17H22N4OS/c1-13-18-17(20-19-13)23-12-16(22)21-11-5-8-15(21)10-9-14-6-3-2-4-7-14/h2-4,6-7,15H,5,8-12H2,1H3,(H,18,19,20)/t15-/m0/s1. The SMILES string of the molecule is Cc1nc(SCC(=O)N2CCC[C@H]2CCc2ccccc2)n[nH]1. The molecular formula is C17H22N4OS. The lowest BCUT2D eigenvalue weighted by Gasteiger charge is -2.24. The molecule has 1 N–H and O–H groups in total. The van der Waals surface area contributed by atoms with Gasteiger partial charge in [-0.1, -0.05) is 42.1 Å². The average molecular weight is 330 g/mol.